The molecule has 0 aromatic heterocycles. The first kappa shape index (κ1) is 19.4. The highest BCUT2D eigenvalue weighted by Crippen LogP contribution is 2.48. The standard InChI is InChI=1S/C21H22N2O5/c1-2-14-19(20(26)21(22)27)18-15(9-6-10-16(18)28-12-17(24)25)23(14)11-13-7-4-3-5-8-13/h3-10,14,19H,2,11-12H2,1H3,(H2,22,27)(H,24,25). The van der Waals surface area contributed by atoms with Crippen molar-refractivity contribution in [2.45, 2.75) is 31.8 Å². The van der Waals surface area contributed by atoms with Crippen molar-refractivity contribution < 1.29 is 24.2 Å². The maximum atomic E-state index is 12.7. The number of rotatable bonds is 8. The van der Waals surface area contributed by atoms with E-state index in [9.17, 15) is 14.4 Å². The Hall–Kier alpha value is -3.35. The summed E-state index contributed by atoms with van der Waals surface area (Å²) in [4.78, 5) is 37.4. The molecular formula is C21H22N2O5. The van der Waals surface area contributed by atoms with Crippen LogP contribution in [0.5, 0.6) is 5.75 Å². The van der Waals surface area contributed by atoms with Gasteiger partial charge in [0.1, 0.15) is 5.75 Å². The molecule has 2 atom stereocenters. The molecule has 7 nitrogen and oxygen atoms in total. The Bertz CT molecular complexity index is 897. The molecule has 146 valence electrons. The van der Waals surface area contributed by atoms with Gasteiger partial charge in [0.2, 0.25) is 5.78 Å². The quantitative estimate of drug-likeness (QED) is 0.677. The zero-order valence-corrected chi connectivity index (χ0v) is 15.5. The fourth-order valence-electron chi connectivity index (χ4n) is 3.81. The minimum absolute atomic E-state index is 0.286. The summed E-state index contributed by atoms with van der Waals surface area (Å²) in [5.74, 6) is -3.35. The molecule has 0 bridgehead atoms. The summed E-state index contributed by atoms with van der Waals surface area (Å²) < 4.78 is 5.43. The van der Waals surface area contributed by atoms with Crippen LogP contribution in [0.25, 0.3) is 0 Å². The third kappa shape index (κ3) is 3.69. The number of nitrogens with zero attached hydrogens (tertiary/aromatic N) is 1. The first-order valence-electron chi connectivity index (χ1n) is 9.05. The van der Waals surface area contributed by atoms with Gasteiger partial charge in [0.25, 0.3) is 5.91 Å². The minimum Gasteiger partial charge on any atom is -0.482 e. The summed E-state index contributed by atoms with van der Waals surface area (Å²) in [5.41, 5.74) is 7.64. The lowest BCUT2D eigenvalue weighted by Gasteiger charge is -2.29. The van der Waals surface area contributed by atoms with E-state index in [0.717, 1.165) is 11.3 Å². The minimum atomic E-state index is -1.12. The number of hydrogen-bond donors (Lipinski definition) is 2. The zero-order chi connectivity index (χ0) is 20.3. The molecule has 0 fully saturated rings. The highest BCUT2D eigenvalue weighted by Gasteiger charge is 2.45. The van der Waals surface area contributed by atoms with E-state index in [2.05, 4.69) is 4.90 Å². The molecule has 0 saturated carbocycles. The predicted molar refractivity (Wildman–Crippen MR) is 103 cm³/mol. The zero-order valence-electron chi connectivity index (χ0n) is 15.5. The van der Waals surface area contributed by atoms with Crippen molar-refractivity contribution in [3.8, 4) is 5.75 Å². The van der Waals surface area contributed by atoms with Crippen LogP contribution in [0.15, 0.2) is 48.5 Å². The first-order valence-corrected chi connectivity index (χ1v) is 9.05. The van der Waals surface area contributed by atoms with Gasteiger partial charge >= 0.3 is 5.97 Å². The van der Waals surface area contributed by atoms with Crippen molar-refractivity contribution in [3.63, 3.8) is 0 Å². The SMILES string of the molecule is CCC1C(C(=O)C(N)=O)c2c(OCC(=O)O)cccc2N1Cc1ccccc1. The third-order valence-corrected chi connectivity index (χ3v) is 4.94. The van der Waals surface area contributed by atoms with Gasteiger partial charge in [-0.3, -0.25) is 9.59 Å². The van der Waals surface area contributed by atoms with Crippen LogP contribution >= 0.6 is 0 Å². The molecule has 2 aromatic rings. The van der Waals surface area contributed by atoms with Crippen LogP contribution < -0.4 is 15.4 Å². The Morgan fingerprint density at radius 2 is 1.82 bits per heavy atom. The number of anilines is 1. The summed E-state index contributed by atoms with van der Waals surface area (Å²) >= 11 is 0. The average Bonchev–Trinajstić information content (AvgIpc) is 3.00. The average molecular weight is 382 g/mol. The van der Waals surface area contributed by atoms with Crippen LogP contribution in [-0.4, -0.2) is 35.4 Å². The number of nitrogens with two attached hydrogens (primary N) is 1. The molecule has 1 heterocycles. The van der Waals surface area contributed by atoms with E-state index in [0.29, 0.717) is 18.5 Å². The number of primary amides is 1. The highest BCUT2D eigenvalue weighted by molar-refractivity contribution is 6.38. The van der Waals surface area contributed by atoms with Gasteiger partial charge in [0, 0.05) is 23.8 Å². The molecule has 3 rings (SSSR count). The summed E-state index contributed by atoms with van der Waals surface area (Å²) in [6.07, 6.45) is 0.601. The van der Waals surface area contributed by atoms with Crippen LogP contribution in [0.3, 0.4) is 0 Å². The second kappa shape index (κ2) is 8.12. The maximum absolute atomic E-state index is 12.7. The van der Waals surface area contributed by atoms with Gasteiger partial charge in [0.05, 0.1) is 5.92 Å². The van der Waals surface area contributed by atoms with E-state index in [4.69, 9.17) is 15.6 Å². The molecule has 1 aliphatic rings. The van der Waals surface area contributed by atoms with Crippen molar-refractivity contribution in [1.29, 1.82) is 0 Å². The number of ketones is 1. The van der Waals surface area contributed by atoms with Crippen molar-refractivity contribution >= 4 is 23.3 Å². The van der Waals surface area contributed by atoms with Gasteiger partial charge in [-0.2, -0.15) is 0 Å². The largest absolute Gasteiger partial charge is 0.482 e. The molecule has 0 spiro atoms. The molecule has 7 heteroatoms. The molecule has 0 aliphatic carbocycles. The monoisotopic (exact) mass is 382 g/mol. The maximum Gasteiger partial charge on any atom is 0.341 e. The van der Waals surface area contributed by atoms with Gasteiger partial charge in [0.15, 0.2) is 6.61 Å². The normalized spacial score (nSPS) is 17.8. The fraction of sp³-hybridized carbons (Fsp3) is 0.286. The second-order valence-electron chi connectivity index (χ2n) is 6.67. The summed E-state index contributed by atoms with van der Waals surface area (Å²) in [6, 6.07) is 14.7. The van der Waals surface area contributed by atoms with Gasteiger partial charge in [-0.05, 0) is 24.1 Å². The fourth-order valence-corrected chi connectivity index (χ4v) is 3.81. The number of carbonyl (C=O) groups is 3. The number of amides is 1. The molecular weight excluding hydrogens is 360 g/mol. The Labute approximate surface area is 162 Å². The Balaban J connectivity index is 2.09. The van der Waals surface area contributed by atoms with E-state index >= 15 is 0 Å². The lowest BCUT2D eigenvalue weighted by atomic mass is 9.88. The number of carboxylic acids is 1. The summed E-state index contributed by atoms with van der Waals surface area (Å²) in [5, 5.41) is 8.96. The topological polar surface area (TPSA) is 110 Å². The molecule has 2 aromatic carbocycles. The smallest absolute Gasteiger partial charge is 0.341 e. The Morgan fingerprint density at radius 1 is 1.11 bits per heavy atom. The van der Waals surface area contributed by atoms with Gasteiger partial charge in [-0.15, -0.1) is 0 Å². The second-order valence-corrected chi connectivity index (χ2v) is 6.67. The van der Waals surface area contributed by atoms with Crippen LogP contribution in [0.1, 0.15) is 30.4 Å². The predicted octanol–water partition coefficient (Wildman–Crippen LogP) is 2.09. The van der Waals surface area contributed by atoms with E-state index in [-0.39, 0.29) is 11.8 Å². The van der Waals surface area contributed by atoms with Crippen LogP contribution in [0.2, 0.25) is 0 Å². The van der Waals surface area contributed by atoms with Crippen LogP contribution in [0.4, 0.5) is 5.69 Å². The summed E-state index contributed by atoms with van der Waals surface area (Å²) in [6.45, 7) is 1.94. The first-order chi connectivity index (χ1) is 13.4. The number of ether oxygens (including phenoxy) is 1. The van der Waals surface area contributed by atoms with Crippen molar-refractivity contribution in [1.82, 2.24) is 0 Å². The number of carbonyl (C=O) groups excluding carboxylic acids is 2. The van der Waals surface area contributed by atoms with Crippen molar-refractivity contribution in [2.24, 2.45) is 5.73 Å². The molecule has 0 saturated heterocycles. The van der Waals surface area contributed by atoms with Crippen molar-refractivity contribution in [2.75, 3.05) is 11.5 Å². The van der Waals surface area contributed by atoms with E-state index < -0.39 is 30.2 Å². The highest BCUT2D eigenvalue weighted by atomic mass is 16.5. The molecule has 1 aliphatic heterocycles. The molecule has 2 unspecified atom stereocenters. The number of benzene rings is 2. The summed E-state index contributed by atoms with van der Waals surface area (Å²) in [7, 11) is 0. The molecule has 0 radical (unpaired) electrons. The van der Waals surface area contributed by atoms with Crippen LogP contribution in [-0.2, 0) is 20.9 Å². The van der Waals surface area contributed by atoms with Gasteiger partial charge < -0.3 is 20.5 Å². The lowest BCUT2D eigenvalue weighted by Crippen LogP contribution is -2.39. The molecule has 1 amide bonds. The third-order valence-electron chi connectivity index (χ3n) is 4.94. The number of hydrogen-bond acceptors (Lipinski definition) is 5. The number of aliphatic carboxylic acids is 1. The number of Topliss-reactive ketones (excluding diaryl/α,β-unsaturated/α-hetero) is 1. The van der Waals surface area contributed by atoms with E-state index in [1.54, 1.807) is 12.1 Å². The lowest BCUT2D eigenvalue weighted by molar-refractivity contribution is -0.139. The van der Waals surface area contributed by atoms with E-state index in [1.807, 2.05) is 43.3 Å². The Kier molecular flexibility index (Phi) is 5.63. The Morgan fingerprint density at radius 3 is 2.43 bits per heavy atom. The number of fused-ring (bicyclic) bond motifs is 1. The number of carboxylic acid groups (broad SMARTS) is 1. The van der Waals surface area contributed by atoms with Crippen LogP contribution in [0, 0.1) is 0 Å². The van der Waals surface area contributed by atoms with Gasteiger partial charge in [-0.25, -0.2) is 4.79 Å². The van der Waals surface area contributed by atoms with Crippen molar-refractivity contribution in [3.05, 3.63) is 59.7 Å². The molecule has 3 N–H and O–H groups in total. The molecule has 28 heavy (non-hydrogen) atoms. The van der Waals surface area contributed by atoms with E-state index in [1.165, 1.54) is 0 Å². The van der Waals surface area contributed by atoms with Gasteiger partial charge in [-0.1, -0.05) is 43.3 Å².